The molecular weight excluding hydrogens is 288 g/mol. The van der Waals surface area contributed by atoms with Crippen LogP contribution in [-0.2, 0) is 7.05 Å². The van der Waals surface area contributed by atoms with Crippen LogP contribution in [0.15, 0.2) is 46.9 Å². The van der Waals surface area contributed by atoms with Gasteiger partial charge in [-0.15, -0.1) is 0 Å². The van der Waals surface area contributed by atoms with E-state index < -0.39 is 0 Å². The number of fused-ring (bicyclic) bond motifs is 1. The predicted octanol–water partition coefficient (Wildman–Crippen LogP) is 3.16. The van der Waals surface area contributed by atoms with Crippen LogP contribution in [-0.4, -0.2) is 17.0 Å². The van der Waals surface area contributed by atoms with E-state index in [9.17, 15) is 9.59 Å². The second kappa shape index (κ2) is 6.82. The molecule has 1 heterocycles. The van der Waals surface area contributed by atoms with Crippen molar-refractivity contribution in [1.29, 1.82) is 0 Å². The van der Waals surface area contributed by atoms with Gasteiger partial charge in [0.2, 0.25) is 5.43 Å². The lowest BCUT2D eigenvalue weighted by Crippen LogP contribution is -2.30. The molecule has 0 spiro atoms. The lowest BCUT2D eigenvalue weighted by Gasteiger charge is -2.13. The number of nitrogens with one attached hydrogen (secondary N) is 1. The number of para-hydroxylation sites is 1. The van der Waals surface area contributed by atoms with Gasteiger partial charge < -0.3 is 9.88 Å². The molecule has 0 unspecified atom stereocenters. The van der Waals surface area contributed by atoms with E-state index in [-0.39, 0.29) is 16.9 Å². The second-order valence-electron chi connectivity index (χ2n) is 6.11. The van der Waals surface area contributed by atoms with Gasteiger partial charge in [-0.3, -0.25) is 9.59 Å². The summed E-state index contributed by atoms with van der Waals surface area (Å²) in [6.07, 6.45) is 9.57. The van der Waals surface area contributed by atoms with Crippen LogP contribution in [0.4, 0.5) is 0 Å². The first kappa shape index (κ1) is 15.5. The Labute approximate surface area is 135 Å². The fourth-order valence-electron chi connectivity index (χ4n) is 3.17. The van der Waals surface area contributed by atoms with Gasteiger partial charge >= 0.3 is 0 Å². The van der Waals surface area contributed by atoms with E-state index in [4.69, 9.17) is 0 Å². The molecule has 4 nitrogen and oxygen atoms in total. The third-order valence-corrected chi connectivity index (χ3v) is 4.46. The first-order valence-corrected chi connectivity index (χ1v) is 8.21. The van der Waals surface area contributed by atoms with E-state index in [1.807, 2.05) is 29.8 Å². The van der Waals surface area contributed by atoms with Crippen LogP contribution in [0.2, 0.25) is 0 Å². The molecule has 0 atom stereocenters. The monoisotopic (exact) mass is 310 g/mol. The van der Waals surface area contributed by atoms with E-state index in [0.717, 1.165) is 24.8 Å². The number of amides is 1. The molecule has 1 aromatic heterocycles. The predicted molar refractivity (Wildman–Crippen MR) is 92.7 cm³/mol. The maximum Gasteiger partial charge on any atom is 0.256 e. The van der Waals surface area contributed by atoms with Gasteiger partial charge in [-0.1, -0.05) is 23.8 Å². The van der Waals surface area contributed by atoms with Crippen LogP contribution in [0.3, 0.4) is 0 Å². The Morgan fingerprint density at radius 2 is 2.09 bits per heavy atom. The highest BCUT2D eigenvalue weighted by molar-refractivity contribution is 5.97. The number of nitrogens with zero attached hydrogens (tertiary/aromatic N) is 1. The molecule has 0 radical (unpaired) electrons. The van der Waals surface area contributed by atoms with Crippen molar-refractivity contribution in [2.75, 3.05) is 6.54 Å². The summed E-state index contributed by atoms with van der Waals surface area (Å²) < 4.78 is 1.83. The summed E-state index contributed by atoms with van der Waals surface area (Å²) in [4.78, 5) is 24.9. The van der Waals surface area contributed by atoms with Crippen LogP contribution in [0.5, 0.6) is 0 Å². The van der Waals surface area contributed by atoms with Gasteiger partial charge in [0.05, 0.1) is 5.52 Å². The van der Waals surface area contributed by atoms with Gasteiger partial charge in [-0.25, -0.2) is 0 Å². The highest BCUT2D eigenvalue weighted by Crippen LogP contribution is 2.19. The summed E-state index contributed by atoms with van der Waals surface area (Å²) in [7, 11) is 1.85. The number of hydrogen-bond donors (Lipinski definition) is 1. The number of aryl methyl sites for hydroxylation is 1. The number of rotatable bonds is 4. The molecule has 0 aliphatic heterocycles. The number of carbonyl (C=O) groups is 1. The fraction of sp³-hybridized carbons (Fsp3) is 0.368. The molecule has 3 rings (SSSR count). The number of pyridine rings is 1. The molecular formula is C19H22N2O2. The summed E-state index contributed by atoms with van der Waals surface area (Å²) in [6.45, 7) is 0.584. The summed E-state index contributed by atoms with van der Waals surface area (Å²) in [5.74, 6) is -0.284. The average Bonchev–Trinajstić information content (AvgIpc) is 2.59. The molecule has 0 saturated carbocycles. The number of allylic oxidation sites excluding steroid dienone is 1. The molecule has 1 N–H and O–H groups in total. The Morgan fingerprint density at radius 1 is 1.26 bits per heavy atom. The zero-order valence-electron chi connectivity index (χ0n) is 13.5. The Morgan fingerprint density at radius 3 is 2.87 bits per heavy atom. The third-order valence-electron chi connectivity index (χ3n) is 4.46. The van der Waals surface area contributed by atoms with Crippen molar-refractivity contribution in [1.82, 2.24) is 9.88 Å². The van der Waals surface area contributed by atoms with Crippen molar-refractivity contribution in [2.24, 2.45) is 7.05 Å². The summed E-state index contributed by atoms with van der Waals surface area (Å²) >= 11 is 0. The highest BCUT2D eigenvalue weighted by Gasteiger charge is 2.14. The molecule has 0 fully saturated rings. The maximum atomic E-state index is 12.5. The van der Waals surface area contributed by atoms with E-state index in [1.54, 1.807) is 12.3 Å². The topological polar surface area (TPSA) is 51.1 Å². The van der Waals surface area contributed by atoms with E-state index >= 15 is 0 Å². The van der Waals surface area contributed by atoms with Crippen LogP contribution in [0, 0.1) is 0 Å². The van der Waals surface area contributed by atoms with E-state index in [2.05, 4.69) is 11.4 Å². The Balaban J connectivity index is 1.74. The molecule has 23 heavy (non-hydrogen) atoms. The highest BCUT2D eigenvalue weighted by atomic mass is 16.2. The minimum Gasteiger partial charge on any atom is -0.352 e. The first-order chi connectivity index (χ1) is 11.2. The smallest absolute Gasteiger partial charge is 0.256 e. The Bertz CT molecular complexity index is 818. The van der Waals surface area contributed by atoms with Gasteiger partial charge in [0, 0.05) is 25.2 Å². The molecule has 1 aliphatic rings. The number of benzene rings is 1. The summed E-state index contributed by atoms with van der Waals surface area (Å²) in [6, 6.07) is 7.36. The largest absolute Gasteiger partial charge is 0.352 e. The van der Waals surface area contributed by atoms with Crippen molar-refractivity contribution in [2.45, 2.75) is 32.1 Å². The normalized spacial score (nSPS) is 14.6. The molecule has 1 aromatic carbocycles. The molecule has 0 bridgehead atoms. The van der Waals surface area contributed by atoms with Crippen LogP contribution >= 0.6 is 0 Å². The van der Waals surface area contributed by atoms with E-state index in [1.165, 1.54) is 18.4 Å². The Kier molecular flexibility index (Phi) is 4.60. The lowest BCUT2D eigenvalue weighted by atomic mass is 9.97. The van der Waals surface area contributed by atoms with Gasteiger partial charge in [0.25, 0.3) is 5.91 Å². The maximum absolute atomic E-state index is 12.5. The van der Waals surface area contributed by atoms with Gasteiger partial charge in [0.1, 0.15) is 5.56 Å². The zero-order chi connectivity index (χ0) is 16.2. The standard InChI is InChI=1S/C19H22N2O2/c1-21-13-16(18(22)15-9-5-6-10-17(15)21)19(23)20-12-11-14-7-3-2-4-8-14/h5-7,9-10,13H,2-4,8,11-12H2,1H3,(H,20,23). The van der Waals surface area contributed by atoms with Crippen molar-refractivity contribution >= 4 is 16.8 Å². The quantitative estimate of drug-likeness (QED) is 0.882. The minimum atomic E-state index is -0.284. The van der Waals surface area contributed by atoms with E-state index in [0.29, 0.717) is 11.9 Å². The van der Waals surface area contributed by atoms with Gasteiger partial charge in [-0.2, -0.15) is 0 Å². The van der Waals surface area contributed by atoms with Crippen LogP contribution in [0.25, 0.3) is 10.9 Å². The van der Waals surface area contributed by atoms with Gasteiger partial charge in [-0.05, 0) is 44.2 Å². The third kappa shape index (κ3) is 3.36. The van der Waals surface area contributed by atoms with Gasteiger partial charge in [0.15, 0.2) is 0 Å². The summed E-state index contributed by atoms with van der Waals surface area (Å²) in [5, 5.41) is 3.47. The van der Waals surface area contributed by atoms with Crippen molar-refractivity contribution in [3.63, 3.8) is 0 Å². The molecule has 1 amide bonds. The van der Waals surface area contributed by atoms with Crippen molar-refractivity contribution in [3.05, 3.63) is 57.9 Å². The number of carbonyl (C=O) groups excluding carboxylic acids is 1. The molecule has 2 aromatic rings. The first-order valence-electron chi connectivity index (χ1n) is 8.21. The number of aromatic nitrogens is 1. The van der Waals surface area contributed by atoms with Crippen molar-refractivity contribution < 1.29 is 4.79 Å². The molecule has 120 valence electrons. The minimum absolute atomic E-state index is 0.201. The van der Waals surface area contributed by atoms with Crippen molar-refractivity contribution in [3.8, 4) is 0 Å². The molecule has 4 heteroatoms. The number of hydrogen-bond acceptors (Lipinski definition) is 2. The fourth-order valence-corrected chi connectivity index (χ4v) is 3.17. The zero-order valence-corrected chi connectivity index (χ0v) is 13.5. The molecule has 1 aliphatic carbocycles. The lowest BCUT2D eigenvalue weighted by molar-refractivity contribution is 0.0952. The summed E-state index contributed by atoms with van der Waals surface area (Å²) in [5.41, 5.74) is 2.27. The second-order valence-corrected chi connectivity index (χ2v) is 6.11. The SMILES string of the molecule is Cn1cc(C(=O)NCCC2=CCCCC2)c(=O)c2ccccc21. The average molecular weight is 310 g/mol. The Hall–Kier alpha value is -2.36. The van der Waals surface area contributed by atoms with Crippen LogP contribution < -0.4 is 10.7 Å². The molecule has 0 saturated heterocycles. The van der Waals surface area contributed by atoms with Crippen LogP contribution in [0.1, 0.15) is 42.5 Å².